The van der Waals surface area contributed by atoms with Gasteiger partial charge < -0.3 is 0 Å². The molecule has 2 heteroatoms. The molecule has 0 saturated heterocycles. The minimum Gasteiger partial charge on any atom is -0.298 e. The molecular formula is C14H20BrN. The van der Waals surface area contributed by atoms with Crippen LogP contribution in [0.4, 0.5) is 0 Å². The quantitative estimate of drug-likeness (QED) is 0.719. The van der Waals surface area contributed by atoms with E-state index in [4.69, 9.17) is 0 Å². The zero-order chi connectivity index (χ0) is 11.2. The molecule has 0 unspecified atom stereocenters. The smallest absolute Gasteiger partial charge is 0.0234 e. The summed E-state index contributed by atoms with van der Waals surface area (Å²) in [7, 11) is 0. The number of hydrogen-bond acceptors (Lipinski definition) is 1. The highest BCUT2D eigenvalue weighted by atomic mass is 79.9. The minimum absolute atomic E-state index is 0.961. The van der Waals surface area contributed by atoms with Crippen LogP contribution >= 0.6 is 15.9 Å². The van der Waals surface area contributed by atoms with Crippen LogP contribution in [-0.2, 0) is 6.54 Å². The number of rotatable bonds is 6. The molecule has 0 amide bonds. The van der Waals surface area contributed by atoms with Crippen LogP contribution in [0.15, 0.2) is 30.3 Å². The fourth-order valence-electron chi connectivity index (χ4n) is 2.24. The second kappa shape index (κ2) is 6.41. The van der Waals surface area contributed by atoms with Crippen LogP contribution < -0.4 is 0 Å². The van der Waals surface area contributed by atoms with Crippen LogP contribution in [0.5, 0.6) is 0 Å². The van der Waals surface area contributed by atoms with Crippen molar-refractivity contribution in [2.45, 2.75) is 25.8 Å². The molecule has 1 aliphatic carbocycles. The molecule has 0 N–H and O–H groups in total. The molecule has 88 valence electrons. The molecule has 1 nitrogen and oxygen atoms in total. The average Bonchev–Trinajstić information content (AvgIpc) is 2.25. The zero-order valence-corrected chi connectivity index (χ0v) is 11.3. The zero-order valence-electron chi connectivity index (χ0n) is 9.74. The summed E-state index contributed by atoms with van der Waals surface area (Å²) >= 11 is 3.55. The third-order valence-corrected chi connectivity index (χ3v) is 3.75. The second-order valence-corrected chi connectivity index (χ2v) is 5.50. The molecule has 0 aromatic heterocycles. The van der Waals surface area contributed by atoms with E-state index in [-0.39, 0.29) is 0 Å². The molecule has 0 spiro atoms. The van der Waals surface area contributed by atoms with E-state index in [2.05, 4.69) is 51.2 Å². The Morgan fingerprint density at radius 2 is 1.94 bits per heavy atom. The third kappa shape index (κ3) is 3.60. The van der Waals surface area contributed by atoms with E-state index in [0.29, 0.717) is 0 Å². The molecule has 1 saturated carbocycles. The van der Waals surface area contributed by atoms with Crippen LogP contribution in [0.25, 0.3) is 0 Å². The van der Waals surface area contributed by atoms with Gasteiger partial charge in [-0.3, -0.25) is 4.90 Å². The summed E-state index contributed by atoms with van der Waals surface area (Å²) < 4.78 is 0. The lowest BCUT2D eigenvalue weighted by Crippen LogP contribution is -2.33. The van der Waals surface area contributed by atoms with Gasteiger partial charge in [0.05, 0.1) is 0 Å². The number of nitrogens with zero attached hydrogens (tertiary/aromatic N) is 1. The van der Waals surface area contributed by atoms with Gasteiger partial charge in [-0.15, -0.1) is 0 Å². The molecule has 0 heterocycles. The largest absolute Gasteiger partial charge is 0.298 e. The summed E-state index contributed by atoms with van der Waals surface area (Å²) in [6.07, 6.45) is 4.32. The number of halogens is 1. The van der Waals surface area contributed by atoms with Gasteiger partial charge in [0.1, 0.15) is 0 Å². The summed E-state index contributed by atoms with van der Waals surface area (Å²) in [5.74, 6) is 0.961. The van der Waals surface area contributed by atoms with E-state index >= 15 is 0 Å². The van der Waals surface area contributed by atoms with Crippen LogP contribution in [0.2, 0.25) is 0 Å². The van der Waals surface area contributed by atoms with E-state index in [9.17, 15) is 0 Å². The Balaban J connectivity index is 1.86. The van der Waals surface area contributed by atoms with Crippen LogP contribution in [0.3, 0.4) is 0 Å². The number of alkyl halides is 1. The molecule has 0 bridgehead atoms. The topological polar surface area (TPSA) is 3.24 Å². The van der Waals surface area contributed by atoms with Crippen molar-refractivity contribution in [2.24, 2.45) is 5.92 Å². The Morgan fingerprint density at radius 3 is 2.50 bits per heavy atom. The van der Waals surface area contributed by atoms with E-state index in [1.807, 2.05) is 0 Å². The van der Waals surface area contributed by atoms with Gasteiger partial charge in [-0.25, -0.2) is 0 Å². The van der Waals surface area contributed by atoms with E-state index in [1.54, 1.807) is 0 Å². The summed E-state index contributed by atoms with van der Waals surface area (Å²) in [6, 6.07) is 10.8. The van der Waals surface area contributed by atoms with Gasteiger partial charge >= 0.3 is 0 Å². The van der Waals surface area contributed by atoms with Crippen molar-refractivity contribution in [3.63, 3.8) is 0 Å². The second-order valence-electron chi connectivity index (χ2n) is 4.71. The third-order valence-electron chi connectivity index (χ3n) is 3.39. The lowest BCUT2D eigenvalue weighted by atomic mass is 9.85. The van der Waals surface area contributed by atoms with Crippen molar-refractivity contribution < 1.29 is 0 Å². The number of hydrogen-bond donors (Lipinski definition) is 0. The van der Waals surface area contributed by atoms with Crippen LogP contribution in [-0.4, -0.2) is 23.3 Å². The van der Waals surface area contributed by atoms with Crippen molar-refractivity contribution in [1.29, 1.82) is 0 Å². The van der Waals surface area contributed by atoms with Gasteiger partial charge in [0.25, 0.3) is 0 Å². The molecular weight excluding hydrogens is 262 g/mol. The van der Waals surface area contributed by atoms with Gasteiger partial charge in [-0.2, -0.15) is 0 Å². The van der Waals surface area contributed by atoms with Crippen molar-refractivity contribution in [2.75, 3.05) is 18.4 Å². The van der Waals surface area contributed by atoms with E-state index < -0.39 is 0 Å². The maximum atomic E-state index is 3.55. The lowest BCUT2D eigenvalue weighted by Gasteiger charge is -2.32. The molecule has 1 aliphatic rings. The Bertz CT molecular complexity index is 295. The van der Waals surface area contributed by atoms with Crippen LogP contribution in [0, 0.1) is 5.92 Å². The van der Waals surface area contributed by atoms with Crippen molar-refractivity contribution in [1.82, 2.24) is 4.90 Å². The van der Waals surface area contributed by atoms with Crippen molar-refractivity contribution in [3.05, 3.63) is 35.9 Å². The molecule has 1 aromatic rings. The predicted octanol–water partition coefficient (Wildman–Crippen LogP) is 3.68. The highest BCUT2D eigenvalue weighted by Crippen LogP contribution is 2.27. The van der Waals surface area contributed by atoms with Crippen LogP contribution in [0.1, 0.15) is 24.8 Å². The predicted molar refractivity (Wildman–Crippen MR) is 72.9 cm³/mol. The molecule has 16 heavy (non-hydrogen) atoms. The fourth-order valence-corrected chi connectivity index (χ4v) is 2.74. The Kier molecular flexibility index (Phi) is 4.86. The average molecular weight is 282 g/mol. The van der Waals surface area contributed by atoms with Crippen molar-refractivity contribution in [3.8, 4) is 0 Å². The standard InChI is InChI=1S/C14H20BrN/c15-9-10-16(12-14-7-4-8-14)11-13-5-2-1-3-6-13/h1-3,5-6,14H,4,7-12H2. The SMILES string of the molecule is BrCCN(Cc1ccccc1)CC1CCC1. The fraction of sp³-hybridized carbons (Fsp3) is 0.571. The molecule has 2 rings (SSSR count). The molecule has 0 radical (unpaired) electrons. The Hall–Kier alpha value is -0.340. The normalized spacial score (nSPS) is 16.4. The molecule has 0 atom stereocenters. The van der Waals surface area contributed by atoms with Gasteiger partial charge in [0.15, 0.2) is 0 Å². The highest BCUT2D eigenvalue weighted by Gasteiger charge is 2.20. The maximum Gasteiger partial charge on any atom is 0.0234 e. The monoisotopic (exact) mass is 281 g/mol. The highest BCUT2D eigenvalue weighted by molar-refractivity contribution is 9.09. The summed E-state index contributed by atoms with van der Waals surface area (Å²) in [5, 5.41) is 1.08. The maximum absolute atomic E-state index is 3.55. The minimum atomic E-state index is 0.961. The molecule has 0 aliphatic heterocycles. The van der Waals surface area contributed by atoms with E-state index in [1.165, 1.54) is 31.4 Å². The molecule has 1 fully saturated rings. The summed E-state index contributed by atoms with van der Waals surface area (Å²) in [4.78, 5) is 2.58. The van der Waals surface area contributed by atoms with E-state index in [0.717, 1.165) is 24.3 Å². The van der Waals surface area contributed by atoms with Gasteiger partial charge in [0, 0.05) is 25.0 Å². The first-order valence-electron chi connectivity index (χ1n) is 6.20. The summed E-state index contributed by atoms with van der Waals surface area (Å²) in [6.45, 7) is 3.54. The Morgan fingerprint density at radius 1 is 1.19 bits per heavy atom. The summed E-state index contributed by atoms with van der Waals surface area (Å²) in [5.41, 5.74) is 1.43. The first kappa shape index (κ1) is 12.1. The lowest BCUT2D eigenvalue weighted by molar-refractivity contribution is 0.180. The van der Waals surface area contributed by atoms with Gasteiger partial charge in [-0.05, 0) is 24.3 Å². The van der Waals surface area contributed by atoms with Crippen molar-refractivity contribution >= 4 is 15.9 Å². The first-order valence-corrected chi connectivity index (χ1v) is 7.33. The molecule has 1 aromatic carbocycles. The van der Waals surface area contributed by atoms with Gasteiger partial charge in [0.2, 0.25) is 0 Å². The number of benzene rings is 1. The first-order chi connectivity index (χ1) is 7.88. The van der Waals surface area contributed by atoms with Gasteiger partial charge in [-0.1, -0.05) is 52.7 Å². The Labute approximate surface area is 107 Å².